The monoisotopic (exact) mass is 382 g/mol. The molecule has 2 heterocycles. The summed E-state index contributed by atoms with van der Waals surface area (Å²) in [6, 6.07) is 9.15. The van der Waals surface area contributed by atoms with Gasteiger partial charge in [0.2, 0.25) is 5.91 Å². The first-order chi connectivity index (χ1) is 13.6. The minimum absolute atomic E-state index is 0.0122. The fraction of sp³-hybridized carbons (Fsp3) is 0.381. The SMILES string of the molecule is COc1ccc(C)cc1NC(=O)CN1CCCN(C(=O)c2ccncc2)CC1. The Bertz CT molecular complexity index is 826. The van der Waals surface area contributed by atoms with Gasteiger partial charge in [-0.1, -0.05) is 6.07 Å². The number of aromatic nitrogens is 1. The van der Waals surface area contributed by atoms with Crippen molar-refractivity contribution in [3.63, 3.8) is 0 Å². The summed E-state index contributed by atoms with van der Waals surface area (Å²) in [4.78, 5) is 33.0. The van der Waals surface area contributed by atoms with Crippen molar-refractivity contribution in [1.29, 1.82) is 0 Å². The van der Waals surface area contributed by atoms with Crippen LogP contribution >= 0.6 is 0 Å². The van der Waals surface area contributed by atoms with Gasteiger partial charge < -0.3 is 15.0 Å². The molecule has 28 heavy (non-hydrogen) atoms. The van der Waals surface area contributed by atoms with Crippen molar-refractivity contribution in [2.45, 2.75) is 13.3 Å². The van der Waals surface area contributed by atoms with E-state index in [0.29, 0.717) is 36.6 Å². The highest BCUT2D eigenvalue weighted by atomic mass is 16.5. The summed E-state index contributed by atoms with van der Waals surface area (Å²) < 4.78 is 5.32. The molecule has 1 aromatic heterocycles. The molecule has 1 aromatic carbocycles. The van der Waals surface area contributed by atoms with Gasteiger partial charge in [0.05, 0.1) is 19.3 Å². The second kappa shape index (κ2) is 9.32. The summed E-state index contributed by atoms with van der Waals surface area (Å²) in [5.74, 6) is 0.569. The largest absolute Gasteiger partial charge is 0.495 e. The normalized spacial score (nSPS) is 15.0. The molecule has 0 spiro atoms. The molecule has 0 saturated carbocycles. The van der Waals surface area contributed by atoms with Crippen molar-refractivity contribution in [1.82, 2.24) is 14.8 Å². The number of methoxy groups -OCH3 is 1. The number of rotatable bonds is 5. The van der Waals surface area contributed by atoms with Crippen LogP contribution < -0.4 is 10.1 Å². The lowest BCUT2D eigenvalue weighted by molar-refractivity contribution is -0.117. The summed E-state index contributed by atoms with van der Waals surface area (Å²) in [5, 5.41) is 2.94. The van der Waals surface area contributed by atoms with E-state index in [1.165, 1.54) is 0 Å². The fourth-order valence-electron chi connectivity index (χ4n) is 3.32. The average Bonchev–Trinajstić information content (AvgIpc) is 2.94. The molecule has 1 fully saturated rings. The molecular formula is C21H26N4O3. The molecule has 1 N–H and O–H groups in total. The van der Waals surface area contributed by atoms with Crippen molar-refractivity contribution in [3.8, 4) is 5.75 Å². The Balaban J connectivity index is 1.55. The van der Waals surface area contributed by atoms with E-state index in [2.05, 4.69) is 15.2 Å². The number of hydrogen-bond donors (Lipinski definition) is 1. The van der Waals surface area contributed by atoms with E-state index >= 15 is 0 Å². The Labute approximate surface area is 165 Å². The Morgan fingerprint density at radius 2 is 1.89 bits per heavy atom. The number of benzene rings is 1. The minimum Gasteiger partial charge on any atom is -0.495 e. The standard InChI is InChI=1S/C21H26N4O3/c1-16-4-5-19(28-2)18(14-16)23-20(26)15-24-10-3-11-25(13-12-24)21(27)17-6-8-22-9-7-17/h4-9,14H,3,10-13,15H2,1-2H3,(H,23,26). The number of carbonyl (C=O) groups excluding carboxylic acids is 2. The number of nitrogens with zero attached hydrogens (tertiary/aromatic N) is 3. The highest BCUT2D eigenvalue weighted by Crippen LogP contribution is 2.25. The number of nitrogens with one attached hydrogen (secondary N) is 1. The third-order valence-corrected chi connectivity index (χ3v) is 4.80. The maximum Gasteiger partial charge on any atom is 0.254 e. The number of pyridine rings is 1. The van der Waals surface area contributed by atoms with Gasteiger partial charge in [0.1, 0.15) is 5.75 Å². The van der Waals surface area contributed by atoms with E-state index in [1.54, 1.807) is 31.6 Å². The zero-order valence-electron chi connectivity index (χ0n) is 16.4. The summed E-state index contributed by atoms with van der Waals surface area (Å²) in [7, 11) is 1.59. The molecule has 1 aliphatic heterocycles. The van der Waals surface area contributed by atoms with Gasteiger partial charge in [-0.2, -0.15) is 0 Å². The Hall–Kier alpha value is -2.93. The predicted octanol–water partition coefficient (Wildman–Crippen LogP) is 2.19. The van der Waals surface area contributed by atoms with Crippen LogP contribution in [0.5, 0.6) is 5.75 Å². The topological polar surface area (TPSA) is 74.8 Å². The number of carbonyl (C=O) groups is 2. The lowest BCUT2D eigenvalue weighted by Crippen LogP contribution is -2.38. The van der Waals surface area contributed by atoms with E-state index in [-0.39, 0.29) is 18.4 Å². The smallest absolute Gasteiger partial charge is 0.254 e. The van der Waals surface area contributed by atoms with Crippen molar-refractivity contribution >= 4 is 17.5 Å². The summed E-state index contributed by atoms with van der Waals surface area (Å²) in [6.07, 6.45) is 4.08. The number of ether oxygens (including phenoxy) is 1. The van der Waals surface area contributed by atoms with Gasteiger partial charge in [-0.05, 0) is 43.2 Å². The van der Waals surface area contributed by atoms with Gasteiger partial charge >= 0.3 is 0 Å². The molecular weight excluding hydrogens is 356 g/mol. The Morgan fingerprint density at radius 1 is 1.11 bits per heavy atom. The number of hydrogen-bond acceptors (Lipinski definition) is 5. The number of aryl methyl sites for hydroxylation is 1. The number of anilines is 1. The lowest BCUT2D eigenvalue weighted by atomic mass is 10.2. The van der Waals surface area contributed by atoms with Gasteiger partial charge in [0.15, 0.2) is 0 Å². The van der Waals surface area contributed by atoms with E-state index in [1.807, 2.05) is 30.0 Å². The maximum atomic E-state index is 12.6. The maximum absolute atomic E-state index is 12.6. The molecule has 7 heteroatoms. The average molecular weight is 382 g/mol. The molecule has 7 nitrogen and oxygen atoms in total. The Kier molecular flexibility index (Phi) is 6.60. The number of amides is 2. The Morgan fingerprint density at radius 3 is 2.64 bits per heavy atom. The zero-order chi connectivity index (χ0) is 19.9. The summed E-state index contributed by atoms with van der Waals surface area (Å²) in [6.45, 7) is 4.98. The highest BCUT2D eigenvalue weighted by molar-refractivity contribution is 5.94. The van der Waals surface area contributed by atoms with Crippen LogP contribution in [-0.2, 0) is 4.79 Å². The van der Waals surface area contributed by atoms with Gasteiger partial charge in [0.25, 0.3) is 5.91 Å². The van der Waals surface area contributed by atoms with Gasteiger partial charge in [0, 0.05) is 44.1 Å². The molecule has 0 unspecified atom stereocenters. The molecule has 3 rings (SSSR count). The zero-order valence-corrected chi connectivity index (χ0v) is 16.4. The second-order valence-electron chi connectivity index (χ2n) is 6.91. The first-order valence-electron chi connectivity index (χ1n) is 9.43. The highest BCUT2D eigenvalue weighted by Gasteiger charge is 2.21. The van der Waals surface area contributed by atoms with Crippen LogP contribution in [0, 0.1) is 6.92 Å². The molecule has 148 valence electrons. The molecule has 1 saturated heterocycles. The molecule has 0 atom stereocenters. The molecule has 0 aliphatic carbocycles. The van der Waals surface area contributed by atoms with Crippen LogP contribution in [0.1, 0.15) is 22.3 Å². The third kappa shape index (κ3) is 5.07. The van der Waals surface area contributed by atoms with Crippen molar-refractivity contribution in [2.75, 3.05) is 45.2 Å². The molecule has 0 radical (unpaired) electrons. The molecule has 2 aromatic rings. The van der Waals surface area contributed by atoms with Crippen LogP contribution in [-0.4, -0.2) is 66.4 Å². The summed E-state index contributed by atoms with van der Waals surface area (Å²) in [5.41, 5.74) is 2.38. The van der Waals surface area contributed by atoms with Crippen molar-refractivity contribution in [3.05, 3.63) is 53.9 Å². The van der Waals surface area contributed by atoms with Gasteiger partial charge in [-0.25, -0.2) is 0 Å². The van der Waals surface area contributed by atoms with E-state index in [0.717, 1.165) is 18.5 Å². The van der Waals surface area contributed by atoms with Crippen molar-refractivity contribution in [2.24, 2.45) is 0 Å². The van der Waals surface area contributed by atoms with Crippen LogP contribution in [0.4, 0.5) is 5.69 Å². The predicted molar refractivity (Wildman–Crippen MR) is 108 cm³/mol. The van der Waals surface area contributed by atoms with Crippen LogP contribution in [0.2, 0.25) is 0 Å². The molecule has 1 aliphatic rings. The first kappa shape index (κ1) is 19.8. The lowest BCUT2D eigenvalue weighted by Gasteiger charge is -2.22. The van der Waals surface area contributed by atoms with Crippen LogP contribution in [0.15, 0.2) is 42.7 Å². The van der Waals surface area contributed by atoms with Crippen LogP contribution in [0.3, 0.4) is 0 Å². The third-order valence-electron chi connectivity index (χ3n) is 4.80. The fourth-order valence-corrected chi connectivity index (χ4v) is 3.32. The van der Waals surface area contributed by atoms with E-state index < -0.39 is 0 Å². The van der Waals surface area contributed by atoms with Gasteiger partial charge in [-0.3, -0.25) is 19.5 Å². The second-order valence-corrected chi connectivity index (χ2v) is 6.91. The quantitative estimate of drug-likeness (QED) is 0.858. The van der Waals surface area contributed by atoms with Crippen LogP contribution in [0.25, 0.3) is 0 Å². The minimum atomic E-state index is -0.0854. The first-order valence-corrected chi connectivity index (χ1v) is 9.43. The molecule has 2 amide bonds. The summed E-state index contributed by atoms with van der Waals surface area (Å²) >= 11 is 0. The molecule has 0 bridgehead atoms. The van der Waals surface area contributed by atoms with Crippen molar-refractivity contribution < 1.29 is 14.3 Å². The van der Waals surface area contributed by atoms with Gasteiger partial charge in [-0.15, -0.1) is 0 Å². The van der Waals surface area contributed by atoms with E-state index in [4.69, 9.17) is 4.74 Å². The van der Waals surface area contributed by atoms with E-state index in [9.17, 15) is 9.59 Å².